The molecule has 0 fully saturated rings. The molecule has 152 valence electrons. The van der Waals surface area contributed by atoms with E-state index in [4.69, 9.17) is 4.74 Å². The van der Waals surface area contributed by atoms with E-state index < -0.39 is 36.0 Å². The normalized spacial score (nSPS) is 12.2. The molecule has 2 atom stereocenters. The maximum atomic E-state index is 12.5. The Hall–Kier alpha value is -3.68. The van der Waals surface area contributed by atoms with E-state index in [1.165, 1.54) is 14.0 Å². The number of benzene rings is 2. The Balaban J connectivity index is 2.10. The standard InChI is InChI=1S/C21H23N3O5/c1-13-8-7-11-16(12-13)18(25)23-14(2)20(27)29-17(15-9-5-4-6-10-15)19(26)24-21(28)22-3/h4-12,14,17H,1-3H3,(H,23,25)(H2,22,24,26,28)/t14-,17+/m0/s1. The van der Waals surface area contributed by atoms with Gasteiger partial charge in [-0.05, 0) is 26.0 Å². The van der Waals surface area contributed by atoms with Crippen LogP contribution >= 0.6 is 0 Å². The highest BCUT2D eigenvalue weighted by molar-refractivity contribution is 5.99. The minimum absolute atomic E-state index is 0.388. The SMILES string of the molecule is CNC(=O)NC(=O)[C@H](OC(=O)[C@H](C)NC(=O)c1cccc(C)c1)c1ccccc1. The Labute approximate surface area is 168 Å². The Morgan fingerprint density at radius 1 is 0.966 bits per heavy atom. The number of carbonyl (C=O) groups is 4. The van der Waals surface area contributed by atoms with E-state index in [1.54, 1.807) is 48.5 Å². The van der Waals surface area contributed by atoms with Crippen LogP contribution in [-0.4, -0.2) is 36.9 Å². The molecule has 0 saturated heterocycles. The third-order valence-electron chi connectivity index (χ3n) is 4.02. The lowest BCUT2D eigenvalue weighted by atomic mass is 10.1. The zero-order valence-electron chi connectivity index (χ0n) is 16.4. The summed E-state index contributed by atoms with van der Waals surface area (Å²) >= 11 is 0. The molecule has 0 aliphatic rings. The lowest BCUT2D eigenvalue weighted by molar-refractivity contribution is -0.157. The molecule has 0 aliphatic carbocycles. The fraction of sp³-hybridized carbons (Fsp3) is 0.238. The van der Waals surface area contributed by atoms with Crippen LogP contribution in [-0.2, 0) is 14.3 Å². The maximum Gasteiger partial charge on any atom is 0.329 e. The summed E-state index contributed by atoms with van der Waals surface area (Å²) in [5, 5.41) is 6.90. The van der Waals surface area contributed by atoms with Gasteiger partial charge in [-0.1, -0.05) is 48.0 Å². The highest BCUT2D eigenvalue weighted by Gasteiger charge is 2.29. The maximum absolute atomic E-state index is 12.5. The molecule has 0 saturated carbocycles. The van der Waals surface area contributed by atoms with Crippen molar-refractivity contribution in [1.82, 2.24) is 16.0 Å². The van der Waals surface area contributed by atoms with E-state index in [-0.39, 0.29) is 0 Å². The minimum atomic E-state index is -1.35. The van der Waals surface area contributed by atoms with Crippen LogP contribution in [0.15, 0.2) is 54.6 Å². The van der Waals surface area contributed by atoms with Gasteiger partial charge in [0.25, 0.3) is 11.8 Å². The molecule has 0 aliphatic heterocycles. The first-order valence-corrected chi connectivity index (χ1v) is 8.97. The van der Waals surface area contributed by atoms with E-state index in [9.17, 15) is 19.2 Å². The van der Waals surface area contributed by atoms with Gasteiger partial charge >= 0.3 is 12.0 Å². The van der Waals surface area contributed by atoms with Crippen molar-refractivity contribution in [1.29, 1.82) is 0 Å². The number of amides is 4. The van der Waals surface area contributed by atoms with Gasteiger partial charge in [-0.15, -0.1) is 0 Å². The van der Waals surface area contributed by atoms with Crippen LogP contribution in [0.3, 0.4) is 0 Å². The van der Waals surface area contributed by atoms with Crippen LogP contribution in [0.4, 0.5) is 4.79 Å². The second kappa shape index (κ2) is 10.0. The summed E-state index contributed by atoms with van der Waals surface area (Å²) in [6.07, 6.45) is -1.35. The van der Waals surface area contributed by atoms with E-state index in [0.717, 1.165) is 5.56 Å². The summed E-state index contributed by atoms with van der Waals surface area (Å²) in [6.45, 7) is 3.30. The molecule has 2 aromatic carbocycles. The Kier molecular flexibility index (Phi) is 7.47. The molecule has 3 N–H and O–H groups in total. The smallest absolute Gasteiger partial charge is 0.329 e. The molecule has 29 heavy (non-hydrogen) atoms. The van der Waals surface area contributed by atoms with Gasteiger partial charge in [0.15, 0.2) is 0 Å². The monoisotopic (exact) mass is 397 g/mol. The van der Waals surface area contributed by atoms with Crippen LogP contribution in [0, 0.1) is 6.92 Å². The number of hydrogen-bond donors (Lipinski definition) is 3. The predicted molar refractivity (Wildman–Crippen MR) is 106 cm³/mol. The topological polar surface area (TPSA) is 114 Å². The van der Waals surface area contributed by atoms with Gasteiger partial charge < -0.3 is 15.4 Å². The minimum Gasteiger partial charge on any atom is -0.446 e. The Morgan fingerprint density at radius 2 is 1.66 bits per heavy atom. The van der Waals surface area contributed by atoms with Crippen molar-refractivity contribution in [3.63, 3.8) is 0 Å². The number of ether oxygens (including phenoxy) is 1. The quantitative estimate of drug-likeness (QED) is 0.644. The lowest BCUT2D eigenvalue weighted by Crippen LogP contribution is -2.44. The van der Waals surface area contributed by atoms with Gasteiger partial charge in [0.2, 0.25) is 6.10 Å². The van der Waals surface area contributed by atoms with Gasteiger partial charge in [0, 0.05) is 18.2 Å². The van der Waals surface area contributed by atoms with Crippen molar-refractivity contribution >= 4 is 23.8 Å². The Morgan fingerprint density at radius 3 is 2.28 bits per heavy atom. The van der Waals surface area contributed by atoms with Crippen molar-refractivity contribution < 1.29 is 23.9 Å². The average molecular weight is 397 g/mol. The predicted octanol–water partition coefficient (Wildman–Crippen LogP) is 1.85. The molecule has 8 nitrogen and oxygen atoms in total. The average Bonchev–Trinajstić information content (AvgIpc) is 2.72. The molecular formula is C21H23N3O5. The molecule has 2 rings (SSSR count). The summed E-state index contributed by atoms with van der Waals surface area (Å²) in [6, 6.07) is 13.4. The molecule has 0 heterocycles. The second-order valence-corrected chi connectivity index (χ2v) is 6.36. The first-order chi connectivity index (χ1) is 13.8. The van der Waals surface area contributed by atoms with Gasteiger partial charge in [-0.25, -0.2) is 9.59 Å². The van der Waals surface area contributed by atoms with Crippen LogP contribution in [0.25, 0.3) is 0 Å². The highest BCUT2D eigenvalue weighted by Crippen LogP contribution is 2.18. The number of imide groups is 1. The molecular weight excluding hydrogens is 374 g/mol. The number of aryl methyl sites for hydroxylation is 1. The molecule has 4 amide bonds. The van der Waals surface area contributed by atoms with Crippen LogP contribution in [0.1, 0.15) is 34.5 Å². The number of nitrogens with one attached hydrogen (secondary N) is 3. The van der Waals surface area contributed by atoms with Crippen molar-refractivity contribution in [2.75, 3.05) is 7.05 Å². The fourth-order valence-corrected chi connectivity index (χ4v) is 2.48. The van der Waals surface area contributed by atoms with Gasteiger partial charge in [0.1, 0.15) is 6.04 Å². The number of rotatable bonds is 6. The molecule has 0 aromatic heterocycles. The second-order valence-electron chi connectivity index (χ2n) is 6.36. The van der Waals surface area contributed by atoms with Gasteiger partial charge in [-0.2, -0.15) is 0 Å². The zero-order valence-corrected chi connectivity index (χ0v) is 16.4. The van der Waals surface area contributed by atoms with Crippen LogP contribution in [0.2, 0.25) is 0 Å². The van der Waals surface area contributed by atoms with E-state index in [2.05, 4.69) is 16.0 Å². The molecule has 0 spiro atoms. The van der Waals surface area contributed by atoms with Crippen molar-refractivity contribution in [3.05, 3.63) is 71.3 Å². The van der Waals surface area contributed by atoms with Crippen LogP contribution < -0.4 is 16.0 Å². The van der Waals surface area contributed by atoms with E-state index in [0.29, 0.717) is 11.1 Å². The molecule has 0 bridgehead atoms. The molecule has 2 aromatic rings. The van der Waals surface area contributed by atoms with Crippen molar-refractivity contribution in [2.24, 2.45) is 0 Å². The van der Waals surface area contributed by atoms with Gasteiger partial charge in [0.05, 0.1) is 0 Å². The molecule has 0 unspecified atom stereocenters. The summed E-state index contributed by atoms with van der Waals surface area (Å²) in [4.78, 5) is 48.7. The summed E-state index contributed by atoms with van der Waals surface area (Å²) in [5.74, 6) is -2.06. The van der Waals surface area contributed by atoms with Crippen molar-refractivity contribution in [3.8, 4) is 0 Å². The third kappa shape index (κ3) is 6.17. The van der Waals surface area contributed by atoms with Gasteiger partial charge in [-0.3, -0.25) is 14.9 Å². The summed E-state index contributed by atoms with van der Waals surface area (Å²) in [5.41, 5.74) is 1.70. The lowest BCUT2D eigenvalue weighted by Gasteiger charge is -2.20. The number of esters is 1. The fourth-order valence-electron chi connectivity index (χ4n) is 2.48. The van der Waals surface area contributed by atoms with Crippen LogP contribution in [0.5, 0.6) is 0 Å². The number of hydrogen-bond acceptors (Lipinski definition) is 5. The van der Waals surface area contributed by atoms with E-state index >= 15 is 0 Å². The zero-order chi connectivity index (χ0) is 21.4. The van der Waals surface area contributed by atoms with E-state index in [1.807, 2.05) is 13.0 Å². The third-order valence-corrected chi connectivity index (χ3v) is 4.02. The highest BCUT2D eigenvalue weighted by atomic mass is 16.5. The summed E-state index contributed by atoms with van der Waals surface area (Å²) in [7, 11) is 1.36. The van der Waals surface area contributed by atoms with Crippen molar-refractivity contribution in [2.45, 2.75) is 26.0 Å². The molecule has 0 radical (unpaired) electrons. The largest absolute Gasteiger partial charge is 0.446 e. The first-order valence-electron chi connectivity index (χ1n) is 8.97. The molecule has 8 heteroatoms. The number of carbonyl (C=O) groups excluding carboxylic acids is 4. The first kappa shape index (κ1) is 21.6. The Bertz CT molecular complexity index is 898. The number of urea groups is 1. The summed E-state index contributed by atoms with van der Waals surface area (Å²) < 4.78 is 5.32.